The van der Waals surface area contributed by atoms with Gasteiger partial charge >= 0.3 is 0 Å². The van der Waals surface area contributed by atoms with Crippen LogP contribution in [0.5, 0.6) is 5.75 Å². The number of nitrogens with two attached hydrogens (primary N) is 1. The van der Waals surface area contributed by atoms with Crippen molar-refractivity contribution in [3.8, 4) is 16.9 Å². The predicted octanol–water partition coefficient (Wildman–Crippen LogP) is 4.82. The Kier molecular flexibility index (Phi) is 4.10. The standard InChI is InChI=1S/C20H19NO/c1-15-6-5-9-19(20(15)21)17-10-12-18(13-11-17)22-14-16-7-3-2-4-8-16/h2-13H,14,21H2,1H3. The Balaban J connectivity index is 1.74. The topological polar surface area (TPSA) is 35.2 Å². The molecule has 0 aromatic heterocycles. The lowest BCUT2D eigenvalue weighted by Crippen LogP contribution is -1.95. The Morgan fingerprint density at radius 1 is 0.818 bits per heavy atom. The van der Waals surface area contributed by atoms with Crippen molar-refractivity contribution in [1.29, 1.82) is 0 Å². The molecular weight excluding hydrogens is 270 g/mol. The van der Waals surface area contributed by atoms with Crippen LogP contribution in [-0.2, 0) is 6.61 Å². The second-order valence-corrected chi connectivity index (χ2v) is 5.33. The zero-order valence-corrected chi connectivity index (χ0v) is 12.6. The number of ether oxygens (including phenoxy) is 1. The Morgan fingerprint density at radius 3 is 2.27 bits per heavy atom. The van der Waals surface area contributed by atoms with Gasteiger partial charge in [-0.2, -0.15) is 0 Å². The van der Waals surface area contributed by atoms with E-state index in [1.165, 1.54) is 0 Å². The van der Waals surface area contributed by atoms with Crippen molar-refractivity contribution in [2.75, 3.05) is 5.73 Å². The van der Waals surface area contributed by atoms with E-state index in [-0.39, 0.29) is 0 Å². The van der Waals surface area contributed by atoms with E-state index in [2.05, 4.69) is 12.1 Å². The molecule has 0 bridgehead atoms. The zero-order chi connectivity index (χ0) is 15.4. The van der Waals surface area contributed by atoms with Crippen LogP contribution in [-0.4, -0.2) is 0 Å². The predicted molar refractivity (Wildman–Crippen MR) is 91.8 cm³/mol. The summed E-state index contributed by atoms with van der Waals surface area (Å²) >= 11 is 0. The van der Waals surface area contributed by atoms with Crippen molar-refractivity contribution >= 4 is 5.69 Å². The van der Waals surface area contributed by atoms with Gasteiger partial charge in [0.2, 0.25) is 0 Å². The average molecular weight is 289 g/mol. The number of anilines is 1. The monoisotopic (exact) mass is 289 g/mol. The van der Waals surface area contributed by atoms with Gasteiger partial charge in [-0.15, -0.1) is 0 Å². The highest BCUT2D eigenvalue weighted by atomic mass is 16.5. The number of rotatable bonds is 4. The third-order valence-electron chi connectivity index (χ3n) is 3.74. The molecule has 0 aliphatic rings. The Labute approximate surface area is 131 Å². The van der Waals surface area contributed by atoms with Crippen LogP contribution in [0.1, 0.15) is 11.1 Å². The molecule has 0 aliphatic carbocycles. The van der Waals surface area contributed by atoms with Crippen LogP contribution >= 0.6 is 0 Å². The van der Waals surface area contributed by atoms with Crippen molar-refractivity contribution in [3.63, 3.8) is 0 Å². The Bertz CT molecular complexity index is 748. The molecule has 0 saturated heterocycles. The summed E-state index contributed by atoms with van der Waals surface area (Å²) in [7, 11) is 0. The molecule has 0 radical (unpaired) electrons. The first kappa shape index (κ1) is 14.2. The number of aryl methyl sites for hydroxylation is 1. The summed E-state index contributed by atoms with van der Waals surface area (Å²) in [6.45, 7) is 2.60. The van der Waals surface area contributed by atoms with Crippen LogP contribution in [0.4, 0.5) is 5.69 Å². The smallest absolute Gasteiger partial charge is 0.119 e. The van der Waals surface area contributed by atoms with Crippen molar-refractivity contribution in [1.82, 2.24) is 0 Å². The molecule has 0 unspecified atom stereocenters. The minimum Gasteiger partial charge on any atom is -0.489 e. The molecule has 2 nitrogen and oxygen atoms in total. The molecule has 110 valence electrons. The van der Waals surface area contributed by atoms with Gasteiger partial charge in [0.15, 0.2) is 0 Å². The second-order valence-electron chi connectivity index (χ2n) is 5.33. The lowest BCUT2D eigenvalue weighted by atomic mass is 10.0. The highest BCUT2D eigenvalue weighted by Gasteiger charge is 2.04. The summed E-state index contributed by atoms with van der Waals surface area (Å²) in [6, 6.07) is 24.3. The fourth-order valence-electron chi connectivity index (χ4n) is 2.40. The maximum absolute atomic E-state index is 6.16. The maximum atomic E-state index is 6.16. The van der Waals surface area contributed by atoms with E-state index in [0.29, 0.717) is 6.61 Å². The normalized spacial score (nSPS) is 10.4. The molecule has 0 fully saturated rings. The van der Waals surface area contributed by atoms with Crippen LogP contribution in [0.15, 0.2) is 72.8 Å². The van der Waals surface area contributed by atoms with Gasteiger partial charge in [0, 0.05) is 11.3 Å². The van der Waals surface area contributed by atoms with Crippen LogP contribution in [0.25, 0.3) is 11.1 Å². The van der Waals surface area contributed by atoms with Gasteiger partial charge in [0.1, 0.15) is 12.4 Å². The summed E-state index contributed by atoms with van der Waals surface area (Å²) < 4.78 is 5.81. The lowest BCUT2D eigenvalue weighted by Gasteiger charge is -2.10. The van der Waals surface area contributed by atoms with Gasteiger partial charge in [-0.25, -0.2) is 0 Å². The lowest BCUT2D eigenvalue weighted by molar-refractivity contribution is 0.306. The largest absolute Gasteiger partial charge is 0.489 e. The van der Waals surface area contributed by atoms with Gasteiger partial charge in [-0.1, -0.05) is 60.7 Å². The molecule has 3 aromatic rings. The van der Waals surface area contributed by atoms with Gasteiger partial charge < -0.3 is 10.5 Å². The average Bonchev–Trinajstić information content (AvgIpc) is 2.57. The van der Waals surface area contributed by atoms with E-state index >= 15 is 0 Å². The second kappa shape index (κ2) is 6.35. The van der Waals surface area contributed by atoms with E-state index in [9.17, 15) is 0 Å². The minimum atomic E-state index is 0.576. The first-order valence-corrected chi connectivity index (χ1v) is 7.36. The van der Waals surface area contributed by atoms with Crippen LogP contribution in [0.2, 0.25) is 0 Å². The van der Waals surface area contributed by atoms with Crippen molar-refractivity contribution in [3.05, 3.63) is 83.9 Å². The molecule has 0 heterocycles. The number of nitrogen functional groups attached to an aromatic ring is 1. The maximum Gasteiger partial charge on any atom is 0.119 e. The van der Waals surface area contributed by atoms with Crippen molar-refractivity contribution in [2.24, 2.45) is 0 Å². The highest BCUT2D eigenvalue weighted by Crippen LogP contribution is 2.29. The van der Waals surface area contributed by atoms with Crippen molar-refractivity contribution < 1.29 is 4.74 Å². The molecule has 0 atom stereocenters. The van der Waals surface area contributed by atoms with Crippen molar-refractivity contribution in [2.45, 2.75) is 13.5 Å². The molecule has 0 aliphatic heterocycles. The van der Waals surface area contributed by atoms with E-state index in [0.717, 1.165) is 33.7 Å². The third-order valence-corrected chi connectivity index (χ3v) is 3.74. The van der Waals surface area contributed by atoms with Crippen LogP contribution in [0.3, 0.4) is 0 Å². The quantitative estimate of drug-likeness (QED) is 0.699. The zero-order valence-electron chi connectivity index (χ0n) is 12.6. The molecule has 0 spiro atoms. The van der Waals surface area contributed by atoms with Gasteiger partial charge in [-0.05, 0) is 35.7 Å². The molecule has 0 amide bonds. The number of benzene rings is 3. The highest BCUT2D eigenvalue weighted by molar-refractivity contribution is 5.78. The van der Waals surface area contributed by atoms with Gasteiger partial charge in [0.25, 0.3) is 0 Å². The first-order chi connectivity index (χ1) is 10.7. The molecule has 3 rings (SSSR count). The first-order valence-electron chi connectivity index (χ1n) is 7.36. The van der Waals surface area contributed by atoms with Crippen LogP contribution < -0.4 is 10.5 Å². The number of para-hydroxylation sites is 1. The fourth-order valence-corrected chi connectivity index (χ4v) is 2.40. The fraction of sp³-hybridized carbons (Fsp3) is 0.100. The molecule has 2 N–H and O–H groups in total. The summed E-state index contributed by atoms with van der Waals surface area (Å²) in [5, 5.41) is 0. The summed E-state index contributed by atoms with van der Waals surface area (Å²) in [5.41, 5.74) is 11.4. The van der Waals surface area contributed by atoms with E-state index in [4.69, 9.17) is 10.5 Å². The SMILES string of the molecule is Cc1cccc(-c2ccc(OCc3ccccc3)cc2)c1N. The molecule has 3 aromatic carbocycles. The van der Waals surface area contributed by atoms with Gasteiger partial charge in [-0.3, -0.25) is 0 Å². The summed E-state index contributed by atoms with van der Waals surface area (Å²) in [6.07, 6.45) is 0. The molecule has 0 saturated carbocycles. The van der Waals surface area contributed by atoms with E-state index < -0.39 is 0 Å². The Morgan fingerprint density at radius 2 is 1.55 bits per heavy atom. The number of hydrogen-bond acceptors (Lipinski definition) is 2. The minimum absolute atomic E-state index is 0.576. The van der Waals surface area contributed by atoms with Crippen LogP contribution in [0, 0.1) is 6.92 Å². The third kappa shape index (κ3) is 3.12. The molecule has 2 heteroatoms. The summed E-state index contributed by atoms with van der Waals surface area (Å²) in [4.78, 5) is 0. The Hall–Kier alpha value is -2.74. The van der Waals surface area contributed by atoms with E-state index in [1.54, 1.807) is 0 Å². The number of hydrogen-bond donors (Lipinski definition) is 1. The molecule has 22 heavy (non-hydrogen) atoms. The van der Waals surface area contributed by atoms with E-state index in [1.807, 2.05) is 67.6 Å². The molecular formula is C20H19NO. The van der Waals surface area contributed by atoms with Gasteiger partial charge in [0.05, 0.1) is 0 Å². The summed E-state index contributed by atoms with van der Waals surface area (Å²) in [5.74, 6) is 0.860.